The molecule has 1 N–H and O–H groups in total. The molecule has 1 aromatic rings. The van der Waals surface area contributed by atoms with Crippen molar-refractivity contribution < 1.29 is 9.84 Å². The third kappa shape index (κ3) is 2.53. The van der Waals surface area contributed by atoms with Crippen LogP contribution in [-0.2, 0) is 4.74 Å². The van der Waals surface area contributed by atoms with E-state index in [0.717, 1.165) is 37.3 Å². The molecule has 0 saturated carbocycles. The summed E-state index contributed by atoms with van der Waals surface area (Å²) in [5.74, 6) is 0. The summed E-state index contributed by atoms with van der Waals surface area (Å²) in [6, 6.07) is 0. The first-order chi connectivity index (χ1) is 6.86. The normalized spacial score (nSPS) is 23.9. The van der Waals surface area contributed by atoms with Gasteiger partial charge in [0.1, 0.15) is 11.1 Å². The van der Waals surface area contributed by atoms with Gasteiger partial charge in [0.05, 0.1) is 6.10 Å². The number of hydrogen-bond donors (Lipinski definition) is 1. The largest absolute Gasteiger partial charge is 0.386 e. The summed E-state index contributed by atoms with van der Waals surface area (Å²) in [7, 11) is 0. The number of aromatic nitrogens is 1. The van der Waals surface area contributed by atoms with Gasteiger partial charge in [-0.05, 0) is 25.7 Å². The minimum absolute atomic E-state index is 0.365. The number of ether oxygens (including phenoxy) is 1. The predicted molar refractivity (Wildman–Crippen MR) is 55.3 cm³/mol. The van der Waals surface area contributed by atoms with E-state index in [9.17, 15) is 5.11 Å². The SMILES string of the molecule is OC(CCC1CCCO1)c1nccs1. The lowest BCUT2D eigenvalue weighted by Crippen LogP contribution is -2.07. The Morgan fingerprint density at radius 1 is 1.71 bits per heavy atom. The maximum absolute atomic E-state index is 9.76. The number of aliphatic hydroxyl groups excluding tert-OH is 1. The molecule has 0 spiro atoms. The minimum atomic E-state index is -0.404. The lowest BCUT2D eigenvalue weighted by molar-refractivity contribution is 0.0811. The van der Waals surface area contributed by atoms with Crippen LogP contribution in [0.15, 0.2) is 11.6 Å². The van der Waals surface area contributed by atoms with Crippen molar-refractivity contribution in [2.45, 2.75) is 37.9 Å². The number of aliphatic hydroxyl groups is 1. The molecule has 0 radical (unpaired) electrons. The fourth-order valence-corrected chi connectivity index (χ4v) is 2.40. The molecule has 4 heteroatoms. The van der Waals surface area contributed by atoms with Gasteiger partial charge in [-0.1, -0.05) is 0 Å². The molecule has 0 bridgehead atoms. The second kappa shape index (κ2) is 4.87. The Morgan fingerprint density at radius 3 is 3.29 bits per heavy atom. The molecule has 2 unspecified atom stereocenters. The van der Waals surface area contributed by atoms with Crippen LogP contribution in [-0.4, -0.2) is 22.8 Å². The Kier molecular flexibility index (Phi) is 3.50. The monoisotopic (exact) mass is 213 g/mol. The number of hydrogen-bond acceptors (Lipinski definition) is 4. The predicted octanol–water partition coefficient (Wildman–Crippen LogP) is 2.14. The molecule has 2 rings (SSSR count). The number of thiazole rings is 1. The van der Waals surface area contributed by atoms with E-state index >= 15 is 0 Å². The van der Waals surface area contributed by atoms with E-state index in [1.54, 1.807) is 6.20 Å². The van der Waals surface area contributed by atoms with Gasteiger partial charge >= 0.3 is 0 Å². The van der Waals surface area contributed by atoms with Crippen molar-refractivity contribution in [3.8, 4) is 0 Å². The Morgan fingerprint density at radius 2 is 2.64 bits per heavy atom. The van der Waals surface area contributed by atoms with Gasteiger partial charge in [-0.3, -0.25) is 0 Å². The van der Waals surface area contributed by atoms with Crippen molar-refractivity contribution >= 4 is 11.3 Å². The summed E-state index contributed by atoms with van der Waals surface area (Å²) in [5, 5.41) is 12.5. The molecule has 1 aliphatic heterocycles. The lowest BCUT2D eigenvalue weighted by atomic mass is 10.1. The highest BCUT2D eigenvalue weighted by Crippen LogP contribution is 2.24. The van der Waals surface area contributed by atoms with Gasteiger partial charge in [0.25, 0.3) is 0 Å². The van der Waals surface area contributed by atoms with E-state index in [1.165, 1.54) is 11.3 Å². The molecular weight excluding hydrogens is 198 g/mol. The van der Waals surface area contributed by atoms with Gasteiger partial charge < -0.3 is 9.84 Å². The van der Waals surface area contributed by atoms with Crippen molar-refractivity contribution in [3.63, 3.8) is 0 Å². The molecule has 0 aromatic carbocycles. The summed E-state index contributed by atoms with van der Waals surface area (Å²) in [5.41, 5.74) is 0. The fourth-order valence-electron chi connectivity index (χ4n) is 1.74. The Bertz CT molecular complexity index is 257. The number of nitrogens with zero attached hydrogens (tertiary/aromatic N) is 1. The summed E-state index contributed by atoms with van der Waals surface area (Å²) in [4.78, 5) is 4.09. The zero-order valence-electron chi connectivity index (χ0n) is 8.06. The first-order valence-corrected chi connectivity index (χ1v) is 5.93. The van der Waals surface area contributed by atoms with Crippen LogP contribution >= 0.6 is 11.3 Å². The van der Waals surface area contributed by atoms with E-state index < -0.39 is 6.10 Å². The highest BCUT2D eigenvalue weighted by Gasteiger charge is 2.18. The highest BCUT2D eigenvalue weighted by molar-refractivity contribution is 7.09. The van der Waals surface area contributed by atoms with Gasteiger partial charge in [0.15, 0.2) is 0 Å². The molecule has 1 saturated heterocycles. The van der Waals surface area contributed by atoms with Gasteiger partial charge in [0, 0.05) is 18.2 Å². The van der Waals surface area contributed by atoms with Crippen molar-refractivity contribution in [3.05, 3.63) is 16.6 Å². The molecule has 1 fully saturated rings. The van der Waals surface area contributed by atoms with Crippen LogP contribution in [0.4, 0.5) is 0 Å². The molecule has 0 aliphatic carbocycles. The van der Waals surface area contributed by atoms with E-state index in [-0.39, 0.29) is 0 Å². The third-order valence-corrected chi connectivity index (χ3v) is 3.40. The molecule has 2 atom stereocenters. The third-order valence-electron chi connectivity index (χ3n) is 2.52. The van der Waals surface area contributed by atoms with E-state index in [2.05, 4.69) is 4.98 Å². The van der Waals surface area contributed by atoms with Crippen LogP contribution in [0.2, 0.25) is 0 Å². The quantitative estimate of drug-likeness (QED) is 0.833. The van der Waals surface area contributed by atoms with Gasteiger partial charge in [-0.25, -0.2) is 4.98 Å². The highest BCUT2D eigenvalue weighted by atomic mass is 32.1. The Balaban J connectivity index is 1.74. The zero-order chi connectivity index (χ0) is 9.80. The first-order valence-electron chi connectivity index (χ1n) is 5.05. The minimum Gasteiger partial charge on any atom is -0.386 e. The molecule has 1 aliphatic rings. The molecule has 1 aromatic heterocycles. The van der Waals surface area contributed by atoms with Gasteiger partial charge in [-0.2, -0.15) is 0 Å². The second-order valence-corrected chi connectivity index (χ2v) is 4.52. The van der Waals surface area contributed by atoms with E-state index in [0.29, 0.717) is 6.10 Å². The lowest BCUT2D eigenvalue weighted by Gasteiger charge is -2.11. The van der Waals surface area contributed by atoms with Crippen LogP contribution < -0.4 is 0 Å². The van der Waals surface area contributed by atoms with Crippen LogP contribution in [0.3, 0.4) is 0 Å². The zero-order valence-corrected chi connectivity index (χ0v) is 8.87. The van der Waals surface area contributed by atoms with Gasteiger partial charge in [-0.15, -0.1) is 11.3 Å². The van der Waals surface area contributed by atoms with Crippen LogP contribution in [0.1, 0.15) is 36.8 Å². The molecule has 0 amide bonds. The Labute approximate surface area is 87.7 Å². The summed E-state index contributed by atoms with van der Waals surface area (Å²) < 4.78 is 5.49. The maximum atomic E-state index is 9.76. The van der Waals surface area contributed by atoms with Crippen LogP contribution in [0.25, 0.3) is 0 Å². The second-order valence-electron chi connectivity index (χ2n) is 3.60. The summed E-state index contributed by atoms with van der Waals surface area (Å²) in [6.45, 7) is 0.887. The first kappa shape index (κ1) is 10.1. The maximum Gasteiger partial charge on any atom is 0.121 e. The molecular formula is C10H15NO2S. The smallest absolute Gasteiger partial charge is 0.121 e. The van der Waals surface area contributed by atoms with Crippen molar-refractivity contribution in [1.29, 1.82) is 0 Å². The standard InChI is InChI=1S/C10H15NO2S/c12-9(10-11-5-7-14-10)4-3-8-2-1-6-13-8/h5,7-9,12H,1-4,6H2. The Hall–Kier alpha value is -0.450. The average Bonchev–Trinajstić information content (AvgIpc) is 2.87. The fraction of sp³-hybridized carbons (Fsp3) is 0.700. The summed E-state index contributed by atoms with van der Waals surface area (Å²) >= 11 is 1.51. The molecule has 14 heavy (non-hydrogen) atoms. The summed E-state index contributed by atoms with van der Waals surface area (Å²) in [6.07, 6.45) is 5.71. The molecule has 2 heterocycles. The van der Waals surface area contributed by atoms with E-state index in [4.69, 9.17) is 4.74 Å². The molecule has 3 nitrogen and oxygen atoms in total. The molecule has 78 valence electrons. The van der Waals surface area contributed by atoms with Crippen molar-refractivity contribution in [2.75, 3.05) is 6.61 Å². The number of rotatable bonds is 4. The topological polar surface area (TPSA) is 42.4 Å². The van der Waals surface area contributed by atoms with E-state index in [1.807, 2.05) is 5.38 Å². The van der Waals surface area contributed by atoms with Gasteiger partial charge in [0.2, 0.25) is 0 Å². The average molecular weight is 213 g/mol. The van der Waals surface area contributed by atoms with Crippen molar-refractivity contribution in [2.24, 2.45) is 0 Å². The van der Waals surface area contributed by atoms with Crippen molar-refractivity contribution in [1.82, 2.24) is 4.98 Å². The van der Waals surface area contributed by atoms with Crippen LogP contribution in [0.5, 0.6) is 0 Å². The van der Waals surface area contributed by atoms with Crippen LogP contribution in [0, 0.1) is 0 Å².